The topological polar surface area (TPSA) is 101 Å². The minimum atomic E-state index is -0.894. The molecule has 0 aliphatic carbocycles. The van der Waals surface area contributed by atoms with Crippen LogP contribution in [0.5, 0.6) is 0 Å². The Hall–Kier alpha value is -3.06. The molecule has 1 amide bonds. The van der Waals surface area contributed by atoms with Gasteiger partial charge in [0.2, 0.25) is 0 Å². The molecule has 1 atom stereocenters. The van der Waals surface area contributed by atoms with E-state index in [1.54, 1.807) is 37.3 Å². The molecule has 3 aromatic rings. The Bertz CT molecular complexity index is 946. The van der Waals surface area contributed by atoms with Crippen LogP contribution in [-0.4, -0.2) is 33.1 Å². The molecule has 2 aromatic carbocycles. The van der Waals surface area contributed by atoms with Crippen LogP contribution in [0.25, 0.3) is 10.9 Å². The fourth-order valence-electron chi connectivity index (χ4n) is 2.76. The van der Waals surface area contributed by atoms with Gasteiger partial charge in [-0.25, -0.2) is 14.4 Å². The molecule has 134 valence electrons. The van der Waals surface area contributed by atoms with Gasteiger partial charge in [0.15, 0.2) is 0 Å². The summed E-state index contributed by atoms with van der Waals surface area (Å²) in [5.41, 5.74) is 6.67. The number of nitrogens with two attached hydrogens (primary N) is 1. The van der Waals surface area contributed by atoms with Gasteiger partial charge in [-0.1, -0.05) is 12.1 Å². The number of benzene rings is 2. The quantitative estimate of drug-likeness (QED) is 0.651. The first-order valence-corrected chi connectivity index (χ1v) is 8.08. The predicted octanol–water partition coefficient (Wildman–Crippen LogP) is 2.07. The normalized spacial score (nSPS) is 13.3. The number of carbonyl (C=O) groups is 1. The molecular weight excluding hydrogens is 335 g/mol. The molecule has 1 aromatic heterocycles. The molecule has 0 fully saturated rings. The third-order valence-electron chi connectivity index (χ3n) is 4.20. The minimum absolute atomic E-state index is 0.265. The van der Waals surface area contributed by atoms with Crippen molar-refractivity contribution >= 4 is 22.6 Å². The number of anilines is 1. The molecule has 26 heavy (non-hydrogen) atoms. The number of aliphatic hydroxyl groups is 1. The monoisotopic (exact) mass is 354 g/mol. The first kappa shape index (κ1) is 17.8. The Morgan fingerprint density at radius 3 is 2.65 bits per heavy atom. The number of halogens is 1. The number of hydrogen-bond donors (Lipinski definition) is 3. The molecule has 0 saturated heterocycles. The number of rotatable bonds is 5. The van der Waals surface area contributed by atoms with Gasteiger partial charge in [-0.15, -0.1) is 0 Å². The van der Waals surface area contributed by atoms with Crippen LogP contribution in [-0.2, 0) is 6.42 Å². The zero-order valence-electron chi connectivity index (χ0n) is 14.2. The number of aliphatic hydroxyl groups excluding tert-OH is 1. The first-order chi connectivity index (χ1) is 12.4. The predicted molar refractivity (Wildman–Crippen MR) is 97.0 cm³/mol. The third kappa shape index (κ3) is 3.78. The third-order valence-corrected chi connectivity index (χ3v) is 4.20. The van der Waals surface area contributed by atoms with E-state index in [1.165, 1.54) is 18.5 Å². The standard InChI is InChI=1S/C19H19FN4O2/c1-19(10-25,9-12-2-5-14(20)6-3-12)24-18(26)13-4-7-15-16(8-13)22-11-23-17(15)21/h2-8,11,25H,9-10H2,1H3,(H,24,26)(H2,21,22,23). The summed E-state index contributed by atoms with van der Waals surface area (Å²) >= 11 is 0. The van der Waals surface area contributed by atoms with Gasteiger partial charge in [0, 0.05) is 10.9 Å². The maximum atomic E-state index is 13.1. The Morgan fingerprint density at radius 1 is 1.23 bits per heavy atom. The second kappa shape index (κ2) is 7.05. The fraction of sp³-hybridized carbons (Fsp3) is 0.211. The SMILES string of the molecule is CC(CO)(Cc1ccc(F)cc1)NC(=O)c1ccc2c(N)ncnc2c1. The molecule has 0 spiro atoms. The molecule has 0 radical (unpaired) electrons. The summed E-state index contributed by atoms with van der Waals surface area (Å²) in [7, 11) is 0. The highest BCUT2D eigenvalue weighted by molar-refractivity contribution is 5.99. The van der Waals surface area contributed by atoms with Gasteiger partial charge in [-0.2, -0.15) is 0 Å². The summed E-state index contributed by atoms with van der Waals surface area (Å²) < 4.78 is 13.1. The molecule has 7 heteroatoms. The summed E-state index contributed by atoms with van der Waals surface area (Å²) in [6, 6.07) is 10.9. The van der Waals surface area contributed by atoms with Gasteiger partial charge < -0.3 is 16.2 Å². The summed E-state index contributed by atoms with van der Waals surface area (Å²) in [6.45, 7) is 1.47. The van der Waals surface area contributed by atoms with Crippen molar-refractivity contribution in [3.05, 3.63) is 65.7 Å². The molecule has 0 aliphatic rings. The number of fused-ring (bicyclic) bond motifs is 1. The van der Waals surface area contributed by atoms with Crippen molar-refractivity contribution in [2.45, 2.75) is 18.9 Å². The van der Waals surface area contributed by atoms with E-state index in [4.69, 9.17) is 5.73 Å². The number of hydrogen-bond acceptors (Lipinski definition) is 5. The number of nitrogens with one attached hydrogen (secondary N) is 1. The van der Waals surface area contributed by atoms with Crippen LogP contribution in [0.2, 0.25) is 0 Å². The maximum Gasteiger partial charge on any atom is 0.251 e. The molecular formula is C19H19FN4O2. The molecule has 0 saturated carbocycles. The van der Waals surface area contributed by atoms with Gasteiger partial charge >= 0.3 is 0 Å². The Labute approximate surface area is 149 Å². The van der Waals surface area contributed by atoms with Crippen LogP contribution in [0.3, 0.4) is 0 Å². The van der Waals surface area contributed by atoms with Crippen LogP contribution in [0.4, 0.5) is 10.2 Å². The zero-order chi connectivity index (χ0) is 18.7. The molecule has 1 heterocycles. The van der Waals surface area contributed by atoms with Crippen LogP contribution >= 0.6 is 0 Å². The minimum Gasteiger partial charge on any atom is -0.394 e. The average Bonchev–Trinajstić information content (AvgIpc) is 2.63. The molecule has 1 unspecified atom stereocenters. The van der Waals surface area contributed by atoms with Crippen LogP contribution in [0.15, 0.2) is 48.8 Å². The van der Waals surface area contributed by atoms with Gasteiger partial charge in [-0.3, -0.25) is 4.79 Å². The summed E-state index contributed by atoms with van der Waals surface area (Å²) in [5, 5.41) is 13.3. The van der Waals surface area contributed by atoms with E-state index in [9.17, 15) is 14.3 Å². The van der Waals surface area contributed by atoms with Crippen LogP contribution in [0.1, 0.15) is 22.8 Å². The second-order valence-electron chi connectivity index (χ2n) is 6.47. The first-order valence-electron chi connectivity index (χ1n) is 8.08. The average molecular weight is 354 g/mol. The number of carbonyl (C=O) groups excluding carboxylic acids is 1. The lowest BCUT2D eigenvalue weighted by Gasteiger charge is -2.29. The number of amides is 1. The lowest BCUT2D eigenvalue weighted by atomic mass is 9.93. The second-order valence-corrected chi connectivity index (χ2v) is 6.47. The highest BCUT2D eigenvalue weighted by Gasteiger charge is 2.26. The Morgan fingerprint density at radius 2 is 1.96 bits per heavy atom. The highest BCUT2D eigenvalue weighted by atomic mass is 19.1. The lowest BCUT2D eigenvalue weighted by Crippen LogP contribution is -2.50. The Kier molecular flexibility index (Phi) is 4.81. The molecule has 0 bridgehead atoms. The van der Waals surface area contributed by atoms with Gasteiger partial charge in [0.1, 0.15) is 18.0 Å². The van der Waals surface area contributed by atoms with Gasteiger partial charge in [0.25, 0.3) is 5.91 Å². The fourth-order valence-corrected chi connectivity index (χ4v) is 2.76. The van der Waals surface area contributed by atoms with E-state index < -0.39 is 5.54 Å². The molecule has 4 N–H and O–H groups in total. The van der Waals surface area contributed by atoms with E-state index in [-0.39, 0.29) is 18.3 Å². The molecule has 6 nitrogen and oxygen atoms in total. The smallest absolute Gasteiger partial charge is 0.251 e. The zero-order valence-corrected chi connectivity index (χ0v) is 14.2. The van der Waals surface area contributed by atoms with Crippen molar-refractivity contribution in [2.75, 3.05) is 12.3 Å². The van der Waals surface area contributed by atoms with Crippen LogP contribution in [0, 0.1) is 5.82 Å². The summed E-state index contributed by atoms with van der Waals surface area (Å²) in [4.78, 5) is 20.7. The van der Waals surface area contributed by atoms with Gasteiger partial charge in [0.05, 0.1) is 17.7 Å². The number of aromatic nitrogens is 2. The summed E-state index contributed by atoms with van der Waals surface area (Å²) in [5.74, 6) is -0.331. The van der Waals surface area contributed by atoms with E-state index in [1.807, 2.05) is 0 Å². The largest absolute Gasteiger partial charge is 0.394 e. The maximum absolute atomic E-state index is 13.1. The Balaban J connectivity index is 1.81. The van der Waals surface area contributed by atoms with Crippen molar-refractivity contribution in [1.29, 1.82) is 0 Å². The van der Waals surface area contributed by atoms with Crippen molar-refractivity contribution in [3.8, 4) is 0 Å². The highest BCUT2D eigenvalue weighted by Crippen LogP contribution is 2.19. The van der Waals surface area contributed by atoms with E-state index in [0.29, 0.717) is 28.7 Å². The van der Waals surface area contributed by atoms with Crippen molar-refractivity contribution < 1.29 is 14.3 Å². The molecule has 3 rings (SSSR count). The van der Waals surface area contributed by atoms with E-state index in [2.05, 4.69) is 15.3 Å². The van der Waals surface area contributed by atoms with Crippen LogP contribution < -0.4 is 11.1 Å². The molecule has 0 aliphatic heterocycles. The summed E-state index contributed by atoms with van der Waals surface area (Å²) in [6.07, 6.45) is 1.70. The van der Waals surface area contributed by atoms with E-state index >= 15 is 0 Å². The van der Waals surface area contributed by atoms with Crippen molar-refractivity contribution in [1.82, 2.24) is 15.3 Å². The van der Waals surface area contributed by atoms with E-state index in [0.717, 1.165) is 5.56 Å². The number of nitrogen functional groups attached to an aromatic ring is 1. The van der Waals surface area contributed by atoms with Crippen molar-refractivity contribution in [2.24, 2.45) is 0 Å². The number of nitrogens with zero attached hydrogens (tertiary/aromatic N) is 2. The van der Waals surface area contributed by atoms with Crippen molar-refractivity contribution in [3.63, 3.8) is 0 Å². The lowest BCUT2D eigenvalue weighted by molar-refractivity contribution is 0.0852. The van der Waals surface area contributed by atoms with Gasteiger partial charge in [-0.05, 0) is 49.2 Å².